The molecule has 0 bridgehead atoms. The number of rotatable bonds is 4. The lowest BCUT2D eigenvalue weighted by Gasteiger charge is -2.19. The van der Waals surface area contributed by atoms with Crippen molar-refractivity contribution in [1.82, 2.24) is 9.97 Å². The molecule has 0 unspecified atom stereocenters. The van der Waals surface area contributed by atoms with E-state index in [1.807, 2.05) is 20.0 Å². The van der Waals surface area contributed by atoms with Crippen LogP contribution in [0.3, 0.4) is 0 Å². The van der Waals surface area contributed by atoms with Gasteiger partial charge in [-0.1, -0.05) is 32.9 Å². The van der Waals surface area contributed by atoms with E-state index in [9.17, 15) is 0 Å². The van der Waals surface area contributed by atoms with Crippen LogP contribution in [0, 0.1) is 6.92 Å². The van der Waals surface area contributed by atoms with Gasteiger partial charge in [0.1, 0.15) is 11.6 Å². The molecule has 1 N–H and O–H groups in total. The Morgan fingerprint density at radius 2 is 1.76 bits per heavy atom. The number of nitrogens with one attached hydrogen (secondary N) is 1. The van der Waals surface area contributed by atoms with E-state index < -0.39 is 0 Å². The molecule has 0 fully saturated rings. The van der Waals surface area contributed by atoms with Gasteiger partial charge in [0.25, 0.3) is 0 Å². The van der Waals surface area contributed by atoms with E-state index in [-0.39, 0.29) is 5.41 Å². The van der Waals surface area contributed by atoms with E-state index in [1.165, 1.54) is 10.5 Å². The summed E-state index contributed by atoms with van der Waals surface area (Å²) in [6.07, 6.45) is 0. The zero-order valence-electron chi connectivity index (χ0n) is 13.4. The first-order valence-corrected chi connectivity index (χ1v) is 8.13. The highest BCUT2D eigenvalue weighted by Crippen LogP contribution is 2.27. The summed E-state index contributed by atoms with van der Waals surface area (Å²) in [5.41, 5.74) is 2.55. The van der Waals surface area contributed by atoms with Crippen molar-refractivity contribution in [3.05, 3.63) is 47.4 Å². The highest BCUT2D eigenvalue weighted by Gasteiger charge is 2.13. The van der Waals surface area contributed by atoms with Crippen LogP contribution in [0.2, 0.25) is 0 Å². The standard InChI is InChI=1S/C17H23N3S/c1-12-10-15(18-5)20-16(19-12)11-21-14-8-6-13(7-9-14)17(2,3)4/h6-10H,11H2,1-5H3,(H,18,19,20). The minimum atomic E-state index is 0.199. The molecule has 3 nitrogen and oxygen atoms in total. The molecule has 21 heavy (non-hydrogen) atoms. The number of benzene rings is 1. The topological polar surface area (TPSA) is 37.8 Å². The summed E-state index contributed by atoms with van der Waals surface area (Å²) in [7, 11) is 1.88. The summed E-state index contributed by atoms with van der Waals surface area (Å²) < 4.78 is 0. The molecule has 0 spiro atoms. The highest BCUT2D eigenvalue weighted by atomic mass is 32.2. The van der Waals surface area contributed by atoms with Gasteiger partial charge in [0.15, 0.2) is 0 Å². The van der Waals surface area contributed by atoms with Crippen molar-refractivity contribution in [2.24, 2.45) is 0 Å². The molecule has 1 aromatic carbocycles. The number of aryl methyl sites for hydroxylation is 1. The summed E-state index contributed by atoms with van der Waals surface area (Å²) in [6, 6.07) is 10.7. The predicted octanol–water partition coefficient (Wildman–Crippen LogP) is 4.42. The second-order valence-corrected chi connectivity index (χ2v) is 7.17. The molecule has 0 saturated carbocycles. The van der Waals surface area contributed by atoms with Crippen LogP contribution in [-0.2, 0) is 11.2 Å². The maximum absolute atomic E-state index is 4.48. The van der Waals surface area contributed by atoms with Crippen LogP contribution in [0.15, 0.2) is 35.2 Å². The number of nitrogens with zero attached hydrogens (tertiary/aromatic N) is 2. The molecule has 112 valence electrons. The van der Waals surface area contributed by atoms with Crippen molar-refractivity contribution >= 4 is 17.6 Å². The van der Waals surface area contributed by atoms with Gasteiger partial charge in [-0.25, -0.2) is 9.97 Å². The van der Waals surface area contributed by atoms with E-state index in [0.717, 1.165) is 23.1 Å². The van der Waals surface area contributed by atoms with Gasteiger partial charge in [-0.3, -0.25) is 0 Å². The molecule has 1 heterocycles. The van der Waals surface area contributed by atoms with Gasteiger partial charge < -0.3 is 5.32 Å². The molecule has 0 radical (unpaired) electrons. The third kappa shape index (κ3) is 4.46. The molecular formula is C17H23N3S. The van der Waals surface area contributed by atoms with Gasteiger partial charge in [0, 0.05) is 23.7 Å². The van der Waals surface area contributed by atoms with Crippen LogP contribution in [0.5, 0.6) is 0 Å². The Morgan fingerprint density at radius 1 is 1.10 bits per heavy atom. The Hall–Kier alpha value is -1.55. The molecule has 0 saturated heterocycles. The zero-order chi connectivity index (χ0) is 15.5. The minimum absolute atomic E-state index is 0.199. The Morgan fingerprint density at radius 3 is 2.33 bits per heavy atom. The van der Waals surface area contributed by atoms with Gasteiger partial charge in [-0.2, -0.15) is 0 Å². The smallest absolute Gasteiger partial charge is 0.141 e. The van der Waals surface area contributed by atoms with Crippen LogP contribution < -0.4 is 5.32 Å². The fourth-order valence-corrected chi connectivity index (χ4v) is 2.78. The van der Waals surface area contributed by atoms with Crippen molar-refractivity contribution in [2.75, 3.05) is 12.4 Å². The van der Waals surface area contributed by atoms with Crippen molar-refractivity contribution in [2.45, 2.75) is 43.8 Å². The largest absolute Gasteiger partial charge is 0.373 e. The average molecular weight is 301 g/mol. The van der Waals surface area contributed by atoms with Gasteiger partial charge in [-0.05, 0) is 30.0 Å². The molecular weight excluding hydrogens is 278 g/mol. The summed E-state index contributed by atoms with van der Waals surface area (Å²) in [5, 5.41) is 3.07. The first kappa shape index (κ1) is 15.8. The highest BCUT2D eigenvalue weighted by molar-refractivity contribution is 7.98. The van der Waals surface area contributed by atoms with Crippen LogP contribution in [0.25, 0.3) is 0 Å². The fraction of sp³-hybridized carbons (Fsp3) is 0.412. The molecule has 2 rings (SSSR count). The maximum atomic E-state index is 4.48. The van der Waals surface area contributed by atoms with E-state index in [1.54, 1.807) is 11.8 Å². The Balaban J connectivity index is 2.05. The van der Waals surface area contributed by atoms with Crippen molar-refractivity contribution in [1.29, 1.82) is 0 Å². The molecule has 0 aliphatic carbocycles. The predicted molar refractivity (Wildman–Crippen MR) is 91.0 cm³/mol. The lowest BCUT2D eigenvalue weighted by molar-refractivity contribution is 0.590. The molecule has 1 aromatic heterocycles. The third-order valence-corrected chi connectivity index (χ3v) is 4.25. The summed E-state index contributed by atoms with van der Waals surface area (Å²) in [6.45, 7) is 8.69. The molecule has 2 aromatic rings. The lowest BCUT2D eigenvalue weighted by Crippen LogP contribution is -2.10. The Bertz CT molecular complexity index is 600. The molecule has 0 aliphatic heterocycles. The minimum Gasteiger partial charge on any atom is -0.373 e. The second kappa shape index (κ2) is 6.48. The molecule has 0 aliphatic rings. The summed E-state index contributed by atoms with van der Waals surface area (Å²) >= 11 is 1.77. The summed E-state index contributed by atoms with van der Waals surface area (Å²) in [5.74, 6) is 2.52. The number of hydrogen-bond donors (Lipinski definition) is 1. The van der Waals surface area contributed by atoms with Crippen molar-refractivity contribution in [3.8, 4) is 0 Å². The lowest BCUT2D eigenvalue weighted by atomic mass is 9.87. The number of aromatic nitrogens is 2. The Kier molecular flexibility index (Phi) is 4.88. The van der Waals surface area contributed by atoms with E-state index in [0.29, 0.717) is 0 Å². The van der Waals surface area contributed by atoms with E-state index >= 15 is 0 Å². The van der Waals surface area contributed by atoms with Gasteiger partial charge in [-0.15, -0.1) is 11.8 Å². The first-order chi connectivity index (χ1) is 9.88. The number of hydrogen-bond acceptors (Lipinski definition) is 4. The fourth-order valence-electron chi connectivity index (χ4n) is 2.02. The molecule has 0 amide bonds. The van der Waals surface area contributed by atoms with E-state index in [2.05, 4.69) is 60.3 Å². The molecule has 0 atom stereocenters. The van der Waals surface area contributed by atoms with Crippen LogP contribution in [0.1, 0.15) is 37.9 Å². The van der Waals surface area contributed by atoms with E-state index in [4.69, 9.17) is 0 Å². The third-order valence-electron chi connectivity index (χ3n) is 3.24. The van der Waals surface area contributed by atoms with Gasteiger partial charge in [0.2, 0.25) is 0 Å². The van der Waals surface area contributed by atoms with Crippen LogP contribution in [0.4, 0.5) is 5.82 Å². The molecule has 4 heteroatoms. The Labute approximate surface area is 131 Å². The maximum Gasteiger partial charge on any atom is 0.141 e. The van der Waals surface area contributed by atoms with Gasteiger partial charge in [0.05, 0.1) is 5.75 Å². The van der Waals surface area contributed by atoms with Crippen LogP contribution >= 0.6 is 11.8 Å². The average Bonchev–Trinajstić information content (AvgIpc) is 2.44. The van der Waals surface area contributed by atoms with Gasteiger partial charge >= 0.3 is 0 Å². The first-order valence-electron chi connectivity index (χ1n) is 7.14. The number of anilines is 1. The zero-order valence-corrected chi connectivity index (χ0v) is 14.2. The quantitative estimate of drug-likeness (QED) is 0.849. The normalized spacial score (nSPS) is 11.5. The van der Waals surface area contributed by atoms with Crippen molar-refractivity contribution < 1.29 is 0 Å². The van der Waals surface area contributed by atoms with Crippen molar-refractivity contribution in [3.63, 3.8) is 0 Å². The second-order valence-electron chi connectivity index (χ2n) is 6.12. The summed E-state index contributed by atoms with van der Waals surface area (Å²) in [4.78, 5) is 10.2. The monoisotopic (exact) mass is 301 g/mol. The SMILES string of the molecule is CNc1cc(C)nc(CSc2ccc(C(C)(C)C)cc2)n1. The van der Waals surface area contributed by atoms with Crippen LogP contribution in [-0.4, -0.2) is 17.0 Å². The number of thioether (sulfide) groups is 1.